The van der Waals surface area contributed by atoms with Gasteiger partial charge in [-0.05, 0) is 18.0 Å². The summed E-state index contributed by atoms with van der Waals surface area (Å²) in [5.41, 5.74) is 13.6. The summed E-state index contributed by atoms with van der Waals surface area (Å²) in [5.74, 6) is -0.667. The number of azide groups is 1. The summed E-state index contributed by atoms with van der Waals surface area (Å²) in [4.78, 5) is 17.2. The number of carbonyl (C=O) groups is 1. The third-order valence-electron chi connectivity index (χ3n) is 2.34. The maximum absolute atomic E-state index is 10.9. The van der Waals surface area contributed by atoms with Gasteiger partial charge in [0.1, 0.15) is 6.10 Å². The second-order valence-corrected chi connectivity index (χ2v) is 3.63. The number of aromatic nitrogens is 1. The molecule has 0 aliphatic heterocycles. The van der Waals surface area contributed by atoms with Gasteiger partial charge in [0, 0.05) is 29.4 Å². The highest BCUT2D eigenvalue weighted by Gasteiger charge is 2.19. The van der Waals surface area contributed by atoms with E-state index >= 15 is 0 Å². The zero-order valence-corrected chi connectivity index (χ0v) is 9.47. The lowest BCUT2D eigenvalue weighted by molar-refractivity contribution is 0.0148. The van der Waals surface area contributed by atoms with Gasteiger partial charge in [0.05, 0.1) is 11.7 Å². The van der Waals surface area contributed by atoms with Crippen molar-refractivity contribution in [2.24, 2.45) is 10.8 Å². The van der Waals surface area contributed by atoms with Gasteiger partial charge in [-0.3, -0.25) is 9.78 Å². The first-order valence-electron chi connectivity index (χ1n) is 5.18. The maximum Gasteiger partial charge on any atom is 0.250 e. The van der Waals surface area contributed by atoms with E-state index in [-0.39, 0.29) is 24.1 Å². The van der Waals surface area contributed by atoms with Crippen molar-refractivity contribution in [1.82, 2.24) is 4.98 Å². The lowest BCUT2D eigenvalue weighted by Gasteiger charge is -2.17. The fourth-order valence-corrected chi connectivity index (χ4v) is 1.37. The van der Waals surface area contributed by atoms with Crippen LogP contribution in [0.1, 0.15) is 28.4 Å². The molecule has 96 valence electrons. The number of aliphatic hydroxyl groups excluding tert-OH is 2. The van der Waals surface area contributed by atoms with Gasteiger partial charge in [-0.15, -0.1) is 0 Å². The second-order valence-electron chi connectivity index (χ2n) is 3.63. The summed E-state index contributed by atoms with van der Waals surface area (Å²) in [6.07, 6.45) is 0.372. The van der Waals surface area contributed by atoms with Crippen LogP contribution >= 0.6 is 0 Å². The first-order valence-corrected chi connectivity index (χ1v) is 5.18. The Bertz CT molecular complexity index is 472. The van der Waals surface area contributed by atoms with E-state index in [1.165, 1.54) is 18.5 Å². The Labute approximate surface area is 103 Å². The smallest absolute Gasteiger partial charge is 0.250 e. The fourth-order valence-electron chi connectivity index (χ4n) is 1.37. The summed E-state index contributed by atoms with van der Waals surface area (Å²) >= 11 is 0. The van der Waals surface area contributed by atoms with Crippen LogP contribution in [0.25, 0.3) is 10.4 Å². The first kappa shape index (κ1) is 13.9. The zero-order valence-electron chi connectivity index (χ0n) is 9.47. The molecule has 18 heavy (non-hydrogen) atoms. The Balaban J connectivity index is 2.76. The quantitative estimate of drug-likeness (QED) is 0.378. The van der Waals surface area contributed by atoms with Crippen molar-refractivity contribution < 1.29 is 15.0 Å². The van der Waals surface area contributed by atoms with E-state index in [0.717, 1.165) is 0 Å². The van der Waals surface area contributed by atoms with Gasteiger partial charge in [0.25, 0.3) is 0 Å². The van der Waals surface area contributed by atoms with Gasteiger partial charge in [-0.25, -0.2) is 0 Å². The summed E-state index contributed by atoms with van der Waals surface area (Å²) in [7, 11) is 0. The van der Waals surface area contributed by atoms with Gasteiger partial charge in [0.2, 0.25) is 5.91 Å². The Hall–Kier alpha value is -2.15. The monoisotopic (exact) mass is 251 g/mol. The third-order valence-corrected chi connectivity index (χ3v) is 2.34. The van der Waals surface area contributed by atoms with Crippen LogP contribution in [0.5, 0.6) is 0 Å². The predicted octanol–water partition coefficient (Wildman–Crippen LogP) is 0.275. The molecule has 0 saturated heterocycles. The van der Waals surface area contributed by atoms with Crippen LogP contribution in [0.3, 0.4) is 0 Å². The highest BCUT2D eigenvalue weighted by Crippen LogP contribution is 2.19. The van der Waals surface area contributed by atoms with Gasteiger partial charge in [-0.1, -0.05) is 5.11 Å². The van der Waals surface area contributed by atoms with Crippen molar-refractivity contribution in [3.63, 3.8) is 0 Å². The molecular weight excluding hydrogens is 238 g/mol. The molecule has 0 bridgehead atoms. The van der Waals surface area contributed by atoms with Crippen molar-refractivity contribution in [3.05, 3.63) is 40.0 Å². The summed E-state index contributed by atoms with van der Waals surface area (Å²) in [6.45, 7) is 0.0671. The molecule has 1 amide bonds. The number of amides is 1. The minimum atomic E-state index is -1.22. The maximum atomic E-state index is 10.9. The number of hydrogen-bond acceptors (Lipinski definition) is 5. The topological polar surface area (TPSA) is 145 Å². The third kappa shape index (κ3) is 3.70. The predicted molar refractivity (Wildman–Crippen MR) is 62.4 cm³/mol. The van der Waals surface area contributed by atoms with E-state index in [1.807, 2.05) is 0 Å². The Morgan fingerprint density at radius 2 is 2.28 bits per heavy atom. The van der Waals surface area contributed by atoms with Crippen LogP contribution in [0.15, 0.2) is 23.6 Å². The minimum Gasteiger partial charge on any atom is -0.390 e. The van der Waals surface area contributed by atoms with Crippen LogP contribution in [-0.2, 0) is 0 Å². The SMILES string of the molecule is [N-]=[N+]=NCCC(O)C(O)c1cncc(C(N)=O)c1. The molecule has 1 aromatic heterocycles. The van der Waals surface area contributed by atoms with Crippen molar-refractivity contribution in [1.29, 1.82) is 0 Å². The molecule has 0 saturated carbocycles. The Morgan fingerprint density at radius 3 is 2.89 bits per heavy atom. The molecule has 1 heterocycles. The molecule has 0 fully saturated rings. The molecule has 1 rings (SSSR count). The molecule has 0 aromatic carbocycles. The molecule has 2 unspecified atom stereocenters. The van der Waals surface area contributed by atoms with Crippen LogP contribution in [-0.4, -0.2) is 33.8 Å². The zero-order chi connectivity index (χ0) is 13.5. The Morgan fingerprint density at radius 1 is 1.56 bits per heavy atom. The van der Waals surface area contributed by atoms with E-state index in [4.69, 9.17) is 11.3 Å². The normalized spacial score (nSPS) is 13.4. The molecule has 8 heteroatoms. The molecule has 8 nitrogen and oxygen atoms in total. The molecule has 2 atom stereocenters. The molecular formula is C10H13N5O3. The van der Waals surface area contributed by atoms with Crippen molar-refractivity contribution in [3.8, 4) is 0 Å². The lowest BCUT2D eigenvalue weighted by atomic mass is 10.0. The number of pyridine rings is 1. The van der Waals surface area contributed by atoms with E-state index in [1.54, 1.807) is 0 Å². The van der Waals surface area contributed by atoms with E-state index in [2.05, 4.69) is 15.0 Å². The second kappa shape index (κ2) is 6.55. The summed E-state index contributed by atoms with van der Waals surface area (Å²) in [5, 5.41) is 22.7. The number of aliphatic hydroxyl groups is 2. The number of carbonyl (C=O) groups excluding carboxylic acids is 1. The number of primary amides is 1. The van der Waals surface area contributed by atoms with Crippen LogP contribution in [0, 0.1) is 0 Å². The average molecular weight is 251 g/mol. The van der Waals surface area contributed by atoms with Crippen molar-refractivity contribution in [2.45, 2.75) is 18.6 Å². The molecule has 0 radical (unpaired) electrons. The summed E-state index contributed by atoms with van der Waals surface area (Å²) < 4.78 is 0. The largest absolute Gasteiger partial charge is 0.390 e. The minimum absolute atomic E-state index is 0.0671. The van der Waals surface area contributed by atoms with E-state index in [0.29, 0.717) is 0 Å². The van der Waals surface area contributed by atoms with Gasteiger partial charge in [0.15, 0.2) is 0 Å². The number of nitrogens with zero attached hydrogens (tertiary/aromatic N) is 4. The molecule has 1 aromatic rings. The first-order chi connectivity index (χ1) is 8.56. The van der Waals surface area contributed by atoms with Gasteiger partial charge >= 0.3 is 0 Å². The van der Waals surface area contributed by atoms with E-state index in [9.17, 15) is 15.0 Å². The molecule has 0 aliphatic carbocycles. The highest BCUT2D eigenvalue weighted by molar-refractivity contribution is 5.92. The van der Waals surface area contributed by atoms with Crippen molar-refractivity contribution >= 4 is 5.91 Å². The molecule has 0 aliphatic rings. The standard InChI is InChI=1S/C10H13N5O3/c11-10(18)7-3-6(4-13-5-7)9(17)8(16)1-2-14-15-12/h3-5,8-9,16-17H,1-2H2,(H2,11,18). The number of nitrogens with two attached hydrogens (primary N) is 1. The van der Waals surface area contributed by atoms with Crippen LogP contribution in [0.2, 0.25) is 0 Å². The van der Waals surface area contributed by atoms with Crippen molar-refractivity contribution in [2.75, 3.05) is 6.54 Å². The Kier molecular flexibility index (Phi) is 5.06. The average Bonchev–Trinajstić information content (AvgIpc) is 2.38. The number of hydrogen-bond donors (Lipinski definition) is 3. The molecule has 4 N–H and O–H groups in total. The van der Waals surface area contributed by atoms with Gasteiger partial charge in [-0.2, -0.15) is 0 Å². The fraction of sp³-hybridized carbons (Fsp3) is 0.400. The van der Waals surface area contributed by atoms with Crippen LogP contribution in [0.4, 0.5) is 0 Å². The number of rotatable bonds is 6. The van der Waals surface area contributed by atoms with E-state index < -0.39 is 18.1 Å². The molecule has 0 spiro atoms. The lowest BCUT2D eigenvalue weighted by Crippen LogP contribution is -2.20. The highest BCUT2D eigenvalue weighted by atomic mass is 16.3. The summed E-state index contributed by atoms with van der Waals surface area (Å²) in [6, 6.07) is 1.36. The van der Waals surface area contributed by atoms with Gasteiger partial charge < -0.3 is 15.9 Å². The van der Waals surface area contributed by atoms with Crippen LogP contribution < -0.4 is 5.73 Å².